The second kappa shape index (κ2) is 10.7. The van der Waals surface area contributed by atoms with Gasteiger partial charge in [0, 0.05) is 37.3 Å². The van der Waals surface area contributed by atoms with Crippen molar-refractivity contribution in [3.63, 3.8) is 0 Å². The number of phenols is 1. The van der Waals surface area contributed by atoms with Crippen molar-refractivity contribution in [2.24, 2.45) is 0 Å². The highest BCUT2D eigenvalue weighted by Gasteiger charge is 2.43. The Hall–Kier alpha value is -2.33. The van der Waals surface area contributed by atoms with E-state index >= 15 is 0 Å². The largest absolute Gasteiger partial charge is 0.508 e. The molecule has 1 amide bonds. The standard InChI is InChI=1S/C21H30N2O3.C2HF3O2/c24-18-7-5-17(6-8-18)20(25)22-12-2-9-21(11-14-22)10-3-13-23(21)16-19-4-1-15-26-19;3-2(4,5)1(6)7/h5-8,19,24H,1-4,9-16H2;(H,6,7). The summed E-state index contributed by atoms with van der Waals surface area (Å²) in [5, 5.41) is 16.6. The summed E-state index contributed by atoms with van der Waals surface area (Å²) in [6, 6.07) is 6.62. The van der Waals surface area contributed by atoms with E-state index < -0.39 is 12.1 Å². The third kappa shape index (κ3) is 6.60. The summed E-state index contributed by atoms with van der Waals surface area (Å²) in [4.78, 5) is 26.4. The minimum Gasteiger partial charge on any atom is -0.508 e. The number of hydrogen-bond donors (Lipinski definition) is 2. The van der Waals surface area contributed by atoms with Crippen LogP contribution >= 0.6 is 0 Å². The minimum absolute atomic E-state index is 0.0886. The Labute approximate surface area is 191 Å². The second-order valence-corrected chi connectivity index (χ2v) is 8.90. The lowest BCUT2D eigenvalue weighted by molar-refractivity contribution is -0.192. The number of aromatic hydroxyl groups is 1. The van der Waals surface area contributed by atoms with E-state index in [1.54, 1.807) is 24.3 Å². The van der Waals surface area contributed by atoms with Crippen LogP contribution in [0.4, 0.5) is 13.2 Å². The number of benzene rings is 1. The molecule has 0 bridgehead atoms. The van der Waals surface area contributed by atoms with Gasteiger partial charge in [0.05, 0.1) is 6.10 Å². The lowest BCUT2D eigenvalue weighted by atomic mass is 9.87. The fourth-order valence-corrected chi connectivity index (χ4v) is 5.05. The van der Waals surface area contributed by atoms with Gasteiger partial charge in [0.1, 0.15) is 5.75 Å². The molecule has 1 aromatic carbocycles. The van der Waals surface area contributed by atoms with Crippen LogP contribution in [-0.2, 0) is 9.53 Å². The molecule has 1 aromatic rings. The molecular weight excluding hydrogens is 441 g/mol. The number of alkyl halides is 3. The zero-order chi connectivity index (χ0) is 24.1. The summed E-state index contributed by atoms with van der Waals surface area (Å²) in [7, 11) is 0. The molecule has 2 unspecified atom stereocenters. The Morgan fingerprint density at radius 2 is 1.67 bits per heavy atom. The number of ether oxygens (including phenoxy) is 1. The van der Waals surface area contributed by atoms with Crippen molar-refractivity contribution in [1.82, 2.24) is 9.80 Å². The normalized spacial score (nSPS) is 26.0. The zero-order valence-electron chi connectivity index (χ0n) is 18.5. The number of carboxylic acids is 1. The fraction of sp³-hybridized carbons (Fsp3) is 0.652. The second-order valence-electron chi connectivity index (χ2n) is 8.90. The van der Waals surface area contributed by atoms with Gasteiger partial charge in [0.2, 0.25) is 0 Å². The fourth-order valence-electron chi connectivity index (χ4n) is 5.05. The molecule has 0 radical (unpaired) electrons. The van der Waals surface area contributed by atoms with Gasteiger partial charge in [0.15, 0.2) is 0 Å². The van der Waals surface area contributed by atoms with Gasteiger partial charge in [-0.1, -0.05) is 0 Å². The van der Waals surface area contributed by atoms with E-state index in [4.69, 9.17) is 14.6 Å². The quantitative estimate of drug-likeness (QED) is 0.698. The van der Waals surface area contributed by atoms with Crippen LogP contribution in [0.1, 0.15) is 55.3 Å². The summed E-state index contributed by atoms with van der Waals surface area (Å²) < 4.78 is 37.6. The van der Waals surface area contributed by atoms with Gasteiger partial charge in [-0.25, -0.2) is 4.79 Å². The van der Waals surface area contributed by atoms with Crippen LogP contribution in [-0.4, -0.2) is 82.5 Å². The first kappa shape index (κ1) is 25.3. The first-order valence-electron chi connectivity index (χ1n) is 11.4. The van der Waals surface area contributed by atoms with E-state index in [2.05, 4.69) is 4.90 Å². The molecule has 0 aromatic heterocycles. The third-order valence-corrected chi connectivity index (χ3v) is 6.75. The molecule has 3 fully saturated rings. The van der Waals surface area contributed by atoms with Crippen LogP contribution in [0.2, 0.25) is 0 Å². The molecule has 1 spiro atoms. The van der Waals surface area contributed by atoms with Crippen LogP contribution in [0.15, 0.2) is 24.3 Å². The van der Waals surface area contributed by atoms with Gasteiger partial charge in [-0.2, -0.15) is 13.2 Å². The maximum Gasteiger partial charge on any atom is 0.490 e. The van der Waals surface area contributed by atoms with Crippen LogP contribution in [0.3, 0.4) is 0 Å². The number of carbonyl (C=O) groups excluding carboxylic acids is 1. The lowest BCUT2D eigenvalue weighted by Gasteiger charge is -2.39. The molecule has 3 aliphatic rings. The highest BCUT2D eigenvalue weighted by Crippen LogP contribution is 2.39. The predicted octanol–water partition coefficient (Wildman–Crippen LogP) is 3.67. The molecule has 10 heteroatoms. The van der Waals surface area contributed by atoms with Gasteiger partial charge in [0.25, 0.3) is 5.91 Å². The maximum absolute atomic E-state index is 12.8. The smallest absolute Gasteiger partial charge is 0.490 e. The van der Waals surface area contributed by atoms with E-state index in [1.165, 1.54) is 38.6 Å². The van der Waals surface area contributed by atoms with Crippen LogP contribution in [0.5, 0.6) is 5.75 Å². The van der Waals surface area contributed by atoms with Crippen LogP contribution in [0, 0.1) is 0 Å². The maximum atomic E-state index is 12.8. The van der Waals surface area contributed by atoms with Gasteiger partial charge >= 0.3 is 12.1 Å². The highest BCUT2D eigenvalue weighted by molar-refractivity contribution is 5.94. The van der Waals surface area contributed by atoms with Gasteiger partial charge in [-0.15, -0.1) is 0 Å². The molecule has 3 saturated heterocycles. The predicted molar refractivity (Wildman–Crippen MR) is 114 cm³/mol. The molecule has 7 nitrogen and oxygen atoms in total. The number of carbonyl (C=O) groups is 2. The summed E-state index contributed by atoms with van der Waals surface area (Å²) >= 11 is 0. The number of aliphatic carboxylic acids is 1. The van der Waals surface area contributed by atoms with Crippen molar-refractivity contribution in [2.75, 3.05) is 32.8 Å². The van der Waals surface area contributed by atoms with E-state index in [0.717, 1.165) is 39.1 Å². The van der Waals surface area contributed by atoms with Crippen molar-refractivity contribution in [1.29, 1.82) is 0 Å². The molecule has 0 aliphatic carbocycles. The average Bonchev–Trinajstić information content (AvgIpc) is 3.35. The average molecular weight is 473 g/mol. The summed E-state index contributed by atoms with van der Waals surface area (Å²) in [5.74, 6) is -2.47. The van der Waals surface area contributed by atoms with E-state index in [9.17, 15) is 23.1 Å². The summed E-state index contributed by atoms with van der Waals surface area (Å²) in [6.07, 6.45) is 3.52. The van der Waals surface area contributed by atoms with Crippen molar-refractivity contribution in [3.05, 3.63) is 29.8 Å². The number of phenolic OH excluding ortho intramolecular Hbond substituents is 1. The Bertz CT molecular complexity index is 811. The SMILES string of the molecule is O=C(O)C(F)(F)F.O=C(c1ccc(O)cc1)N1CCCC2(CCCN2CC2CCCO2)CC1. The van der Waals surface area contributed by atoms with Crippen molar-refractivity contribution in [2.45, 2.75) is 62.8 Å². The number of amides is 1. The molecule has 4 rings (SSSR count). The zero-order valence-corrected chi connectivity index (χ0v) is 18.5. The Morgan fingerprint density at radius 3 is 2.24 bits per heavy atom. The summed E-state index contributed by atoms with van der Waals surface area (Å²) in [5.41, 5.74) is 0.928. The van der Waals surface area contributed by atoms with Crippen LogP contribution in [0.25, 0.3) is 0 Å². The number of likely N-dealkylation sites (tertiary alicyclic amines) is 2. The Morgan fingerprint density at radius 1 is 1.03 bits per heavy atom. The number of hydrogen-bond acceptors (Lipinski definition) is 5. The van der Waals surface area contributed by atoms with Crippen molar-refractivity contribution < 1.29 is 37.7 Å². The molecule has 184 valence electrons. The molecule has 33 heavy (non-hydrogen) atoms. The molecule has 3 heterocycles. The third-order valence-electron chi connectivity index (χ3n) is 6.75. The van der Waals surface area contributed by atoms with Crippen molar-refractivity contribution in [3.8, 4) is 5.75 Å². The number of halogens is 3. The lowest BCUT2D eigenvalue weighted by Crippen LogP contribution is -2.47. The highest BCUT2D eigenvalue weighted by atomic mass is 19.4. The monoisotopic (exact) mass is 472 g/mol. The molecule has 2 atom stereocenters. The molecular formula is C23H31F3N2O5. The van der Waals surface area contributed by atoms with E-state index in [-0.39, 0.29) is 17.2 Å². The number of rotatable bonds is 3. The van der Waals surface area contributed by atoms with Gasteiger partial charge in [-0.3, -0.25) is 9.69 Å². The Kier molecular flexibility index (Phi) is 8.23. The first-order chi connectivity index (χ1) is 15.6. The van der Waals surface area contributed by atoms with Gasteiger partial charge < -0.3 is 19.8 Å². The van der Waals surface area contributed by atoms with Crippen molar-refractivity contribution >= 4 is 11.9 Å². The number of carboxylic acid groups (broad SMARTS) is 1. The molecule has 2 N–H and O–H groups in total. The van der Waals surface area contributed by atoms with Crippen LogP contribution < -0.4 is 0 Å². The van der Waals surface area contributed by atoms with E-state index in [1.807, 2.05) is 4.90 Å². The number of nitrogens with zero attached hydrogens (tertiary/aromatic N) is 2. The Balaban J connectivity index is 0.000000383. The molecule has 0 saturated carbocycles. The topological polar surface area (TPSA) is 90.3 Å². The molecule has 3 aliphatic heterocycles. The van der Waals surface area contributed by atoms with Gasteiger partial charge in [-0.05, 0) is 75.8 Å². The first-order valence-corrected chi connectivity index (χ1v) is 11.4. The minimum atomic E-state index is -5.08. The van der Waals surface area contributed by atoms with E-state index in [0.29, 0.717) is 11.7 Å². The summed E-state index contributed by atoms with van der Waals surface area (Å²) in [6.45, 7) is 4.80.